The maximum Gasteiger partial charge on any atom is 0.406 e. The lowest BCUT2D eigenvalue weighted by Crippen LogP contribution is -2.34. The number of nitrogens with zero attached hydrogens (tertiary/aromatic N) is 2. The molecule has 0 radical (unpaired) electrons. The molecule has 2 nitrogen and oxygen atoms in total. The highest BCUT2D eigenvalue weighted by Gasteiger charge is 2.59. The molecule has 0 aliphatic rings. The second-order valence-corrected chi connectivity index (χ2v) is 4.04. The van der Waals surface area contributed by atoms with Gasteiger partial charge in [-0.25, -0.2) is 0 Å². The predicted octanol–water partition coefficient (Wildman–Crippen LogP) is 3.49. The van der Waals surface area contributed by atoms with Crippen LogP contribution in [0.5, 0.6) is 0 Å². The zero-order chi connectivity index (χ0) is 12.6. The van der Waals surface area contributed by atoms with Gasteiger partial charge in [0.2, 0.25) is 5.92 Å². The molecule has 92 valence electrons. The van der Waals surface area contributed by atoms with Crippen LogP contribution >= 0.6 is 22.9 Å². The van der Waals surface area contributed by atoms with Crippen molar-refractivity contribution in [2.45, 2.75) is 24.2 Å². The van der Waals surface area contributed by atoms with E-state index in [9.17, 15) is 26.3 Å². The van der Waals surface area contributed by atoms with Crippen LogP contribution in [-0.4, -0.2) is 22.5 Å². The number of rotatable bonds is 2. The lowest BCUT2D eigenvalue weighted by atomic mass is 10.1. The van der Waals surface area contributed by atoms with Gasteiger partial charge in [-0.15, -0.1) is 21.8 Å². The summed E-state index contributed by atoms with van der Waals surface area (Å²) in [6, 6.07) is 0. The van der Waals surface area contributed by atoms with Crippen molar-refractivity contribution in [3.8, 4) is 0 Å². The van der Waals surface area contributed by atoms with E-state index in [1.165, 1.54) is 0 Å². The van der Waals surface area contributed by atoms with Gasteiger partial charge < -0.3 is 0 Å². The molecule has 0 fully saturated rings. The molecule has 1 aromatic rings. The molecule has 0 saturated carbocycles. The Morgan fingerprint density at radius 3 is 1.88 bits per heavy atom. The topological polar surface area (TPSA) is 25.8 Å². The van der Waals surface area contributed by atoms with Crippen LogP contribution in [-0.2, 0) is 5.88 Å². The van der Waals surface area contributed by atoms with Crippen molar-refractivity contribution in [3.05, 3.63) is 10.0 Å². The maximum atomic E-state index is 12.2. The number of halogens is 7. The lowest BCUT2D eigenvalue weighted by molar-refractivity contribution is -0.253. The quantitative estimate of drug-likeness (QED) is 0.614. The highest BCUT2D eigenvalue weighted by Crippen LogP contribution is 2.46. The van der Waals surface area contributed by atoms with E-state index in [2.05, 4.69) is 10.2 Å². The smallest absolute Gasteiger partial charge is 0.170 e. The molecule has 0 amide bonds. The molecule has 1 heterocycles. The van der Waals surface area contributed by atoms with E-state index in [-0.39, 0.29) is 22.2 Å². The summed E-state index contributed by atoms with van der Waals surface area (Å²) in [6.45, 7) is 0. The van der Waals surface area contributed by atoms with Gasteiger partial charge in [0.1, 0.15) is 10.0 Å². The molecule has 1 aromatic heterocycles. The fourth-order valence-corrected chi connectivity index (χ4v) is 1.96. The highest BCUT2D eigenvalue weighted by atomic mass is 35.5. The number of hydrogen-bond donors (Lipinski definition) is 0. The average Bonchev–Trinajstić information content (AvgIpc) is 2.47. The van der Waals surface area contributed by atoms with E-state index >= 15 is 0 Å². The molecule has 0 aromatic carbocycles. The Labute approximate surface area is 94.2 Å². The summed E-state index contributed by atoms with van der Waals surface area (Å²) in [6.07, 6.45) is -10.9. The Morgan fingerprint density at radius 2 is 1.56 bits per heavy atom. The third-order valence-corrected chi connectivity index (χ3v) is 2.90. The van der Waals surface area contributed by atoms with Crippen molar-refractivity contribution in [2.75, 3.05) is 0 Å². The molecule has 0 spiro atoms. The third-order valence-electron chi connectivity index (χ3n) is 1.50. The molecule has 0 N–H and O–H groups in total. The first-order valence-corrected chi connectivity index (χ1v) is 5.03. The van der Waals surface area contributed by atoms with Gasteiger partial charge in [0.15, 0.2) is 0 Å². The van der Waals surface area contributed by atoms with Crippen molar-refractivity contribution in [1.82, 2.24) is 10.2 Å². The fourth-order valence-electron chi connectivity index (χ4n) is 0.903. The molecule has 0 aliphatic heterocycles. The minimum absolute atomic E-state index is 0.0878. The van der Waals surface area contributed by atoms with Crippen LogP contribution in [0.2, 0.25) is 0 Å². The molecule has 0 unspecified atom stereocenters. The monoisotopic (exact) mass is 284 g/mol. The van der Waals surface area contributed by atoms with Gasteiger partial charge in [-0.2, -0.15) is 26.3 Å². The summed E-state index contributed by atoms with van der Waals surface area (Å²) in [5, 5.41) is 4.75. The van der Waals surface area contributed by atoms with Crippen molar-refractivity contribution in [1.29, 1.82) is 0 Å². The maximum absolute atomic E-state index is 12.2. The Kier molecular flexibility index (Phi) is 3.68. The van der Waals surface area contributed by atoms with Gasteiger partial charge in [0, 0.05) is 0 Å². The van der Waals surface area contributed by atoms with Gasteiger partial charge in [0.05, 0.1) is 5.88 Å². The first-order chi connectivity index (χ1) is 7.16. The Balaban J connectivity index is 3.12. The zero-order valence-corrected chi connectivity index (χ0v) is 8.81. The van der Waals surface area contributed by atoms with Crippen LogP contribution in [0.1, 0.15) is 15.9 Å². The predicted molar refractivity (Wildman–Crippen MR) is 44.3 cm³/mol. The molecule has 1 rings (SSSR count). The standard InChI is InChI=1S/C6H3ClF6N2S/c7-1-2-14-15-4(16-2)3(5(8,9)10)6(11,12)13/h3H,1H2. The van der Waals surface area contributed by atoms with Gasteiger partial charge in [-0.3, -0.25) is 0 Å². The van der Waals surface area contributed by atoms with Crippen molar-refractivity contribution in [3.63, 3.8) is 0 Å². The molecule has 0 atom stereocenters. The lowest BCUT2D eigenvalue weighted by Gasteiger charge is -2.20. The first kappa shape index (κ1) is 13.5. The Morgan fingerprint density at radius 1 is 1.06 bits per heavy atom. The van der Waals surface area contributed by atoms with Gasteiger partial charge in [0.25, 0.3) is 0 Å². The zero-order valence-electron chi connectivity index (χ0n) is 7.23. The minimum Gasteiger partial charge on any atom is -0.170 e. The van der Waals surface area contributed by atoms with Crippen molar-refractivity contribution in [2.24, 2.45) is 0 Å². The van der Waals surface area contributed by atoms with E-state index in [0.29, 0.717) is 0 Å². The Hall–Kier alpha value is -0.570. The first-order valence-electron chi connectivity index (χ1n) is 3.68. The van der Waals surface area contributed by atoms with E-state index in [0.717, 1.165) is 0 Å². The summed E-state index contributed by atoms with van der Waals surface area (Å²) < 4.78 is 73.2. The molecular weight excluding hydrogens is 282 g/mol. The van der Waals surface area contributed by atoms with Gasteiger partial charge in [-0.05, 0) is 0 Å². The molecule has 0 saturated heterocycles. The van der Waals surface area contributed by atoms with Crippen LogP contribution in [0.4, 0.5) is 26.3 Å². The van der Waals surface area contributed by atoms with Crippen LogP contribution < -0.4 is 0 Å². The largest absolute Gasteiger partial charge is 0.406 e. The number of hydrogen-bond acceptors (Lipinski definition) is 3. The molecule has 16 heavy (non-hydrogen) atoms. The van der Waals surface area contributed by atoms with Crippen molar-refractivity contribution < 1.29 is 26.3 Å². The summed E-state index contributed by atoms with van der Waals surface area (Å²) in [4.78, 5) is 0. The van der Waals surface area contributed by atoms with Crippen molar-refractivity contribution >= 4 is 22.9 Å². The van der Waals surface area contributed by atoms with E-state index in [1.807, 2.05) is 0 Å². The van der Waals surface area contributed by atoms with E-state index < -0.39 is 23.3 Å². The molecular formula is C6H3ClF6N2S. The Bertz CT molecular complexity index is 345. The fraction of sp³-hybridized carbons (Fsp3) is 0.667. The molecule has 0 bridgehead atoms. The highest BCUT2D eigenvalue weighted by molar-refractivity contribution is 7.11. The van der Waals surface area contributed by atoms with E-state index in [1.54, 1.807) is 0 Å². The van der Waals surface area contributed by atoms with Gasteiger partial charge >= 0.3 is 12.4 Å². The number of alkyl halides is 7. The van der Waals surface area contributed by atoms with Crippen LogP contribution in [0.3, 0.4) is 0 Å². The second kappa shape index (κ2) is 4.36. The normalized spacial score (nSPS) is 13.5. The van der Waals surface area contributed by atoms with Gasteiger partial charge in [-0.1, -0.05) is 11.3 Å². The molecule has 10 heteroatoms. The summed E-state index contributed by atoms with van der Waals surface area (Å²) in [5.41, 5.74) is 0. The summed E-state index contributed by atoms with van der Waals surface area (Å²) in [7, 11) is 0. The minimum atomic E-state index is -5.44. The van der Waals surface area contributed by atoms with E-state index in [4.69, 9.17) is 11.6 Å². The third kappa shape index (κ3) is 2.97. The summed E-state index contributed by atoms with van der Waals surface area (Å²) in [5.74, 6) is -3.88. The molecule has 0 aliphatic carbocycles. The average molecular weight is 285 g/mol. The van der Waals surface area contributed by atoms with Crippen LogP contribution in [0, 0.1) is 0 Å². The SMILES string of the molecule is FC(F)(F)C(c1nnc(CCl)s1)C(F)(F)F. The second-order valence-electron chi connectivity index (χ2n) is 2.68. The summed E-state index contributed by atoms with van der Waals surface area (Å²) >= 11 is 5.42. The van der Waals surface area contributed by atoms with Crippen LogP contribution in [0.25, 0.3) is 0 Å². The van der Waals surface area contributed by atoms with Crippen LogP contribution in [0.15, 0.2) is 0 Å². The number of aromatic nitrogens is 2.